The number of benzene rings is 2. The molecule has 10 nitrogen and oxygen atoms in total. The van der Waals surface area contributed by atoms with Crippen LogP contribution < -0.4 is 10.2 Å². The quantitative estimate of drug-likeness (QED) is 0.442. The Morgan fingerprint density at radius 2 is 1.79 bits per heavy atom. The predicted octanol–water partition coefficient (Wildman–Crippen LogP) is 2.70. The van der Waals surface area contributed by atoms with Crippen molar-refractivity contribution in [3.8, 4) is 0 Å². The Morgan fingerprint density at radius 1 is 1.13 bits per heavy atom. The fourth-order valence-corrected chi connectivity index (χ4v) is 4.89. The monoisotopic (exact) mass is 558 g/mol. The number of rotatable bonds is 6. The molecule has 3 heterocycles. The molecule has 39 heavy (non-hydrogen) atoms. The Labute approximate surface area is 229 Å². The number of halogens is 2. The molecule has 2 aliphatic rings. The maximum Gasteiger partial charge on any atom is 0.257 e. The Balaban J connectivity index is 1.21. The lowest BCUT2D eigenvalue weighted by molar-refractivity contribution is -0.209. The summed E-state index contributed by atoms with van der Waals surface area (Å²) in [4.78, 5) is 16.4. The second kappa shape index (κ2) is 12.0. The zero-order chi connectivity index (χ0) is 27.4. The number of aromatic nitrogens is 3. The van der Waals surface area contributed by atoms with Gasteiger partial charge in [-0.2, -0.15) is 0 Å². The number of carbonyl (C=O) groups excluding carboxylic acids is 1. The van der Waals surface area contributed by atoms with Crippen LogP contribution in [0, 0.1) is 17.6 Å². The van der Waals surface area contributed by atoms with Gasteiger partial charge in [0.15, 0.2) is 6.29 Å². The van der Waals surface area contributed by atoms with Gasteiger partial charge in [0.2, 0.25) is 5.91 Å². The summed E-state index contributed by atoms with van der Waals surface area (Å²) in [6, 6.07) is 11.2. The van der Waals surface area contributed by atoms with Crippen molar-refractivity contribution in [1.82, 2.24) is 25.6 Å². The number of nitrogens with zero attached hydrogens (tertiary/aromatic N) is 4. The lowest BCUT2D eigenvalue weighted by Crippen LogP contribution is -2.52. The third-order valence-corrected chi connectivity index (χ3v) is 7.06. The fraction of sp³-hybridized carbons (Fsp3) is 0.385. The largest absolute Gasteiger partial charge is 0.474 e. The number of amides is 1. The second-order valence-electron chi connectivity index (χ2n) is 9.22. The van der Waals surface area contributed by atoms with Crippen molar-refractivity contribution < 1.29 is 27.8 Å². The van der Waals surface area contributed by atoms with Crippen molar-refractivity contribution in [3.05, 3.63) is 77.1 Å². The second-order valence-corrected chi connectivity index (χ2v) is 9.59. The van der Waals surface area contributed by atoms with Crippen LogP contribution in [0.3, 0.4) is 0 Å². The molecule has 2 saturated heterocycles. The summed E-state index contributed by atoms with van der Waals surface area (Å²) >= 11 is 5.07. The third kappa shape index (κ3) is 6.00. The maximum atomic E-state index is 15.3. The molecule has 1 atom stereocenters. The Bertz CT molecular complexity index is 1260. The van der Waals surface area contributed by atoms with Gasteiger partial charge in [-0.25, -0.2) is 8.78 Å². The molecule has 0 spiro atoms. The van der Waals surface area contributed by atoms with E-state index >= 15 is 8.78 Å². The minimum Gasteiger partial charge on any atom is -0.474 e. The maximum absolute atomic E-state index is 15.3. The van der Waals surface area contributed by atoms with Crippen LogP contribution in [-0.2, 0) is 19.0 Å². The van der Waals surface area contributed by atoms with Gasteiger partial charge in [-0.3, -0.25) is 9.89 Å². The molecule has 0 saturated carbocycles. The van der Waals surface area contributed by atoms with E-state index in [1.165, 1.54) is 25.4 Å². The van der Waals surface area contributed by atoms with Crippen LogP contribution in [0.4, 0.5) is 14.5 Å². The van der Waals surface area contributed by atoms with E-state index < -0.39 is 29.9 Å². The number of thiocarbonyl (C=S) groups is 1. The first-order chi connectivity index (χ1) is 18.9. The number of nitrogens with one attached hydrogen (secondary N) is 2. The van der Waals surface area contributed by atoms with Crippen molar-refractivity contribution >= 4 is 29.0 Å². The Hall–Kier alpha value is -3.68. The molecule has 2 fully saturated rings. The van der Waals surface area contributed by atoms with E-state index in [-0.39, 0.29) is 48.6 Å². The zero-order valence-corrected chi connectivity index (χ0v) is 22.0. The van der Waals surface area contributed by atoms with Crippen LogP contribution in [0.2, 0.25) is 0 Å². The van der Waals surface area contributed by atoms with Gasteiger partial charge in [0.05, 0.1) is 26.2 Å². The number of hydrogen-bond acceptors (Lipinski definition) is 8. The first-order valence-electron chi connectivity index (χ1n) is 12.5. The van der Waals surface area contributed by atoms with Gasteiger partial charge in [-0.1, -0.05) is 35.5 Å². The number of carbonyl (C=O) groups is 1. The summed E-state index contributed by atoms with van der Waals surface area (Å²) in [7, 11) is 1.39. The molecule has 0 aliphatic carbocycles. The molecule has 1 aromatic heterocycles. The number of hydrogen-bond donors (Lipinski definition) is 2. The van der Waals surface area contributed by atoms with Gasteiger partial charge in [0.1, 0.15) is 29.1 Å². The molecule has 5 rings (SSSR count). The molecule has 1 unspecified atom stereocenters. The van der Waals surface area contributed by atoms with Gasteiger partial charge < -0.3 is 29.3 Å². The summed E-state index contributed by atoms with van der Waals surface area (Å²) in [5, 5.41) is 13.1. The smallest absolute Gasteiger partial charge is 0.257 e. The summed E-state index contributed by atoms with van der Waals surface area (Å²) in [6.07, 6.45) is 1.00. The predicted molar refractivity (Wildman–Crippen MR) is 141 cm³/mol. The molecule has 13 heteroatoms. The average molecular weight is 559 g/mol. The van der Waals surface area contributed by atoms with E-state index in [2.05, 4.69) is 20.7 Å². The number of methoxy groups -OCH3 is 1. The van der Waals surface area contributed by atoms with Crippen LogP contribution in [0.5, 0.6) is 0 Å². The highest BCUT2D eigenvalue weighted by Gasteiger charge is 2.34. The highest BCUT2D eigenvalue weighted by molar-refractivity contribution is 7.80. The Morgan fingerprint density at radius 3 is 2.38 bits per heavy atom. The van der Waals surface area contributed by atoms with Crippen LogP contribution in [0.25, 0.3) is 0 Å². The van der Waals surface area contributed by atoms with Gasteiger partial charge >= 0.3 is 0 Å². The van der Waals surface area contributed by atoms with Gasteiger partial charge in [-0.05, 0) is 29.9 Å². The normalized spacial score (nSPS) is 20.4. The summed E-state index contributed by atoms with van der Waals surface area (Å²) in [5.74, 6) is -1.98. The molecular formula is C26H28F2N6O4S. The first kappa shape index (κ1) is 26.9. The summed E-state index contributed by atoms with van der Waals surface area (Å²) < 4.78 is 47.2. The van der Waals surface area contributed by atoms with Gasteiger partial charge in [0, 0.05) is 37.9 Å². The lowest BCUT2D eigenvalue weighted by Gasteiger charge is -2.39. The highest BCUT2D eigenvalue weighted by Crippen LogP contribution is 2.31. The van der Waals surface area contributed by atoms with E-state index in [1.807, 2.05) is 30.3 Å². The molecule has 206 valence electrons. The number of piperazine rings is 1. The molecule has 2 aliphatic heterocycles. The van der Waals surface area contributed by atoms with E-state index in [9.17, 15) is 4.79 Å². The van der Waals surface area contributed by atoms with Crippen LogP contribution in [-0.4, -0.2) is 77.9 Å². The topological polar surface area (TPSA) is 105 Å². The number of anilines is 1. The molecule has 1 amide bonds. The minimum absolute atomic E-state index is 0.0398. The molecular weight excluding hydrogens is 530 g/mol. The van der Waals surface area contributed by atoms with E-state index in [4.69, 9.17) is 26.4 Å². The lowest BCUT2D eigenvalue weighted by atomic mass is 10.0. The van der Waals surface area contributed by atoms with E-state index in [0.29, 0.717) is 18.8 Å². The van der Waals surface area contributed by atoms with Crippen LogP contribution >= 0.6 is 12.2 Å². The van der Waals surface area contributed by atoms with E-state index in [1.54, 1.807) is 9.80 Å². The third-order valence-electron chi connectivity index (χ3n) is 6.78. The SMILES string of the molecule is COC(=S)NC(c1cc(F)c(N2CCN(C(=O)C3COC(c4ccccc4)OC3)CC2)c(F)c1)c1c[nH]nn1. The molecule has 0 radical (unpaired) electrons. The Kier molecular flexibility index (Phi) is 8.29. The van der Waals surface area contributed by atoms with Crippen molar-refractivity contribution in [2.45, 2.75) is 12.3 Å². The molecule has 2 N–H and O–H groups in total. The minimum atomic E-state index is -0.773. The van der Waals surface area contributed by atoms with Crippen molar-refractivity contribution in [1.29, 1.82) is 0 Å². The molecule has 0 bridgehead atoms. The average Bonchev–Trinajstić information content (AvgIpc) is 3.51. The van der Waals surface area contributed by atoms with E-state index in [0.717, 1.165) is 5.56 Å². The molecule has 2 aromatic carbocycles. The highest BCUT2D eigenvalue weighted by atomic mass is 32.1. The number of ether oxygens (including phenoxy) is 3. The van der Waals surface area contributed by atoms with Crippen LogP contribution in [0.1, 0.15) is 29.2 Å². The van der Waals surface area contributed by atoms with Crippen LogP contribution in [0.15, 0.2) is 48.7 Å². The van der Waals surface area contributed by atoms with Gasteiger partial charge in [0.25, 0.3) is 5.17 Å². The van der Waals surface area contributed by atoms with Gasteiger partial charge in [-0.15, -0.1) is 5.10 Å². The fourth-order valence-electron chi connectivity index (χ4n) is 4.77. The van der Waals surface area contributed by atoms with Crippen molar-refractivity contribution in [2.75, 3.05) is 51.4 Å². The van der Waals surface area contributed by atoms with Crippen molar-refractivity contribution in [2.24, 2.45) is 5.92 Å². The number of aromatic amines is 1. The standard InChI is InChI=1S/C26H28F2N6O4S/c1-36-26(39)30-22(21-13-29-32-31-21)17-11-19(27)23(20(28)12-17)33-7-9-34(10-8-33)24(35)18-14-37-25(38-15-18)16-5-3-2-4-6-16/h2-6,11-13,18,22,25H,7-10,14-15H2,1H3,(H,30,39)(H,29,31,32). The first-order valence-corrected chi connectivity index (χ1v) is 12.9. The zero-order valence-electron chi connectivity index (χ0n) is 21.2. The number of H-pyrrole nitrogens is 1. The molecule has 3 aromatic rings. The summed E-state index contributed by atoms with van der Waals surface area (Å²) in [6.45, 7) is 1.69. The summed E-state index contributed by atoms with van der Waals surface area (Å²) in [5.41, 5.74) is 1.41. The van der Waals surface area contributed by atoms with Crippen molar-refractivity contribution in [3.63, 3.8) is 0 Å².